The van der Waals surface area contributed by atoms with Gasteiger partial charge in [-0.3, -0.25) is 4.79 Å². The molecule has 0 unspecified atom stereocenters. The molecule has 2 aromatic carbocycles. The third-order valence-electron chi connectivity index (χ3n) is 4.42. The lowest BCUT2D eigenvalue weighted by molar-refractivity contribution is 0.0730. The average Bonchev–Trinajstić information content (AvgIpc) is 2.73. The molecule has 9 heteroatoms. The van der Waals surface area contributed by atoms with Crippen LogP contribution in [0.25, 0.3) is 0 Å². The lowest BCUT2D eigenvalue weighted by Gasteiger charge is -2.26. The maximum Gasteiger partial charge on any atom is 0.254 e. The molecule has 0 radical (unpaired) electrons. The Morgan fingerprint density at radius 2 is 1.93 bits per heavy atom. The standard InChI is InChI=1S/C19H21FN2O5S/c1-26-18-5-3-2-4-14(18)13-21-19(23)16-12-15(6-7-17(16)20)28(24,25)22-8-10-27-11-9-22/h2-7,12H,8-11,13H2,1H3,(H,21,23). The molecular weight excluding hydrogens is 387 g/mol. The fraction of sp³-hybridized carbons (Fsp3) is 0.316. The molecule has 0 atom stereocenters. The number of benzene rings is 2. The van der Waals surface area contributed by atoms with Crippen molar-refractivity contribution < 1.29 is 27.1 Å². The first-order valence-corrected chi connectivity index (χ1v) is 10.1. The van der Waals surface area contributed by atoms with Gasteiger partial charge in [0.15, 0.2) is 0 Å². The highest BCUT2D eigenvalue weighted by atomic mass is 32.2. The van der Waals surface area contributed by atoms with E-state index < -0.39 is 21.7 Å². The molecule has 0 aromatic heterocycles. The number of nitrogens with zero attached hydrogens (tertiary/aromatic N) is 1. The predicted octanol–water partition coefficient (Wildman–Crippen LogP) is 1.79. The summed E-state index contributed by atoms with van der Waals surface area (Å²) in [6, 6.07) is 10.3. The van der Waals surface area contributed by atoms with Crippen molar-refractivity contribution >= 4 is 15.9 Å². The highest BCUT2D eigenvalue weighted by Gasteiger charge is 2.27. The van der Waals surface area contributed by atoms with E-state index in [2.05, 4.69) is 5.32 Å². The zero-order chi connectivity index (χ0) is 20.1. The van der Waals surface area contributed by atoms with Gasteiger partial charge < -0.3 is 14.8 Å². The van der Waals surface area contributed by atoms with E-state index in [4.69, 9.17) is 9.47 Å². The molecule has 1 aliphatic rings. The summed E-state index contributed by atoms with van der Waals surface area (Å²) < 4.78 is 51.3. The third-order valence-corrected chi connectivity index (χ3v) is 6.32. The largest absolute Gasteiger partial charge is 0.496 e. The minimum atomic E-state index is -3.83. The number of ether oxygens (including phenoxy) is 2. The van der Waals surface area contributed by atoms with Crippen LogP contribution in [0.4, 0.5) is 4.39 Å². The number of carbonyl (C=O) groups is 1. The number of sulfonamides is 1. The normalized spacial score (nSPS) is 15.2. The van der Waals surface area contributed by atoms with Crippen LogP contribution in [0.15, 0.2) is 47.4 Å². The van der Waals surface area contributed by atoms with Crippen LogP contribution in [-0.4, -0.2) is 52.0 Å². The summed E-state index contributed by atoms with van der Waals surface area (Å²) in [5.74, 6) is -0.909. The molecule has 0 spiro atoms. The highest BCUT2D eigenvalue weighted by Crippen LogP contribution is 2.21. The molecular formula is C19H21FN2O5S. The van der Waals surface area contributed by atoms with E-state index in [1.807, 2.05) is 0 Å². The molecule has 0 bridgehead atoms. The summed E-state index contributed by atoms with van der Waals surface area (Å²) in [4.78, 5) is 12.3. The van der Waals surface area contributed by atoms with Crippen molar-refractivity contribution in [3.63, 3.8) is 0 Å². The Labute approximate surface area is 163 Å². The van der Waals surface area contributed by atoms with E-state index in [1.54, 1.807) is 24.3 Å². The minimum absolute atomic E-state index is 0.114. The van der Waals surface area contributed by atoms with Gasteiger partial charge in [0.25, 0.3) is 5.91 Å². The first-order chi connectivity index (χ1) is 13.4. The second-order valence-electron chi connectivity index (χ2n) is 6.15. The lowest BCUT2D eigenvalue weighted by atomic mass is 10.1. The summed E-state index contributed by atoms with van der Waals surface area (Å²) in [7, 11) is -2.31. The Morgan fingerprint density at radius 1 is 1.21 bits per heavy atom. The first-order valence-electron chi connectivity index (χ1n) is 8.71. The molecule has 1 N–H and O–H groups in total. The molecule has 150 valence electrons. The Balaban J connectivity index is 1.80. The van der Waals surface area contributed by atoms with Gasteiger partial charge in [0.1, 0.15) is 11.6 Å². The Bertz CT molecular complexity index is 959. The smallest absolute Gasteiger partial charge is 0.254 e. The van der Waals surface area contributed by atoms with Gasteiger partial charge in [0, 0.05) is 25.2 Å². The summed E-state index contributed by atoms with van der Waals surface area (Å²) in [5, 5.41) is 2.60. The van der Waals surface area contributed by atoms with E-state index >= 15 is 0 Å². The van der Waals surface area contributed by atoms with Gasteiger partial charge in [-0.15, -0.1) is 0 Å². The quantitative estimate of drug-likeness (QED) is 0.788. The van der Waals surface area contributed by atoms with Gasteiger partial charge in [-0.2, -0.15) is 4.31 Å². The topological polar surface area (TPSA) is 84.9 Å². The molecule has 1 heterocycles. The Hall–Kier alpha value is -2.49. The molecule has 3 rings (SSSR count). The fourth-order valence-electron chi connectivity index (χ4n) is 2.89. The highest BCUT2D eigenvalue weighted by molar-refractivity contribution is 7.89. The van der Waals surface area contributed by atoms with Crippen molar-refractivity contribution in [1.29, 1.82) is 0 Å². The molecule has 0 aliphatic carbocycles. The number of amides is 1. The number of halogens is 1. The van der Waals surface area contributed by atoms with Crippen molar-refractivity contribution in [2.45, 2.75) is 11.4 Å². The molecule has 0 saturated carbocycles. The van der Waals surface area contributed by atoms with Gasteiger partial charge in [-0.05, 0) is 24.3 Å². The van der Waals surface area contributed by atoms with Crippen molar-refractivity contribution in [3.05, 3.63) is 59.4 Å². The molecule has 2 aromatic rings. The van der Waals surface area contributed by atoms with E-state index in [-0.39, 0.29) is 30.1 Å². The molecule has 1 aliphatic heterocycles. The fourth-order valence-corrected chi connectivity index (χ4v) is 4.33. The van der Waals surface area contributed by atoms with Crippen LogP contribution in [0.2, 0.25) is 0 Å². The predicted molar refractivity (Wildman–Crippen MR) is 100 cm³/mol. The second-order valence-corrected chi connectivity index (χ2v) is 8.09. The number of methoxy groups -OCH3 is 1. The monoisotopic (exact) mass is 408 g/mol. The summed E-state index contributed by atoms with van der Waals surface area (Å²) in [6.07, 6.45) is 0. The number of hydrogen-bond acceptors (Lipinski definition) is 5. The second kappa shape index (κ2) is 8.68. The van der Waals surface area contributed by atoms with Crippen LogP contribution in [0.3, 0.4) is 0 Å². The zero-order valence-electron chi connectivity index (χ0n) is 15.4. The maximum atomic E-state index is 14.2. The Morgan fingerprint density at radius 3 is 2.64 bits per heavy atom. The summed E-state index contributed by atoms with van der Waals surface area (Å²) in [5.41, 5.74) is 0.389. The summed E-state index contributed by atoms with van der Waals surface area (Å²) in [6.45, 7) is 1.15. The molecule has 7 nitrogen and oxygen atoms in total. The van der Waals surface area contributed by atoms with Gasteiger partial charge in [0.05, 0.1) is 30.8 Å². The third kappa shape index (κ3) is 4.32. The molecule has 1 saturated heterocycles. The molecule has 1 fully saturated rings. The van der Waals surface area contributed by atoms with Gasteiger partial charge >= 0.3 is 0 Å². The SMILES string of the molecule is COc1ccccc1CNC(=O)c1cc(S(=O)(=O)N2CCOCC2)ccc1F. The first kappa shape index (κ1) is 20.2. The number of morpholine rings is 1. The van der Waals surface area contributed by atoms with Crippen molar-refractivity contribution in [3.8, 4) is 5.75 Å². The van der Waals surface area contributed by atoms with Crippen LogP contribution in [-0.2, 0) is 21.3 Å². The van der Waals surface area contributed by atoms with Crippen LogP contribution in [0, 0.1) is 5.82 Å². The molecule has 1 amide bonds. The number of nitrogens with one attached hydrogen (secondary N) is 1. The van der Waals surface area contributed by atoms with Gasteiger partial charge in [-0.25, -0.2) is 12.8 Å². The van der Waals surface area contributed by atoms with Crippen LogP contribution in [0.1, 0.15) is 15.9 Å². The van der Waals surface area contributed by atoms with Crippen LogP contribution in [0.5, 0.6) is 5.75 Å². The van der Waals surface area contributed by atoms with Crippen molar-refractivity contribution in [2.24, 2.45) is 0 Å². The number of carbonyl (C=O) groups excluding carboxylic acids is 1. The van der Waals surface area contributed by atoms with Gasteiger partial charge in [0.2, 0.25) is 10.0 Å². The van der Waals surface area contributed by atoms with Gasteiger partial charge in [-0.1, -0.05) is 18.2 Å². The van der Waals surface area contributed by atoms with Crippen LogP contribution < -0.4 is 10.1 Å². The number of hydrogen-bond donors (Lipinski definition) is 1. The minimum Gasteiger partial charge on any atom is -0.496 e. The number of rotatable bonds is 6. The van der Waals surface area contributed by atoms with Crippen LogP contribution >= 0.6 is 0 Å². The number of para-hydroxylation sites is 1. The Kier molecular flexibility index (Phi) is 6.28. The lowest BCUT2D eigenvalue weighted by Crippen LogP contribution is -2.40. The van der Waals surface area contributed by atoms with E-state index in [0.29, 0.717) is 19.0 Å². The summed E-state index contributed by atoms with van der Waals surface area (Å²) >= 11 is 0. The van der Waals surface area contributed by atoms with E-state index in [9.17, 15) is 17.6 Å². The van der Waals surface area contributed by atoms with Crippen molar-refractivity contribution in [2.75, 3.05) is 33.4 Å². The molecule has 28 heavy (non-hydrogen) atoms. The van der Waals surface area contributed by atoms with E-state index in [1.165, 1.54) is 11.4 Å². The van der Waals surface area contributed by atoms with Crippen molar-refractivity contribution in [1.82, 2.24) is 9.62 Å². The average molecular weight is 408 g/mol. The van der Waals surface area contributed by atoms with E-state index in [0.717, 1.165) is 23.8 Å². The zero-order valence-corrected chi connectivity index (χ0v) is 16.2. The maximum absolute atomic E-state index is 14.2.